The summed E-state index contributed by atoms with van der Waals surface area (Å²) in [4.78, 5) is 13.2. The van der Waals surface area contributed by atoms with Gasteiger partial charge in [-0.3, -0.25) is 4.90 Å². The lowest BCUT2D eigenvalue weighted by atomic mass is 10.0. The monoisotopic (exact) mass is 303 g/mol. The fourth-order valence-corrected chi connectivity index (χ4v) is 2.66. The van der Waals surface area contributed by atoms with Crippen LogP contribution >= 0.6 is 24.0 Å². The van der Waals surface area contributed by atoms with Crippen molar-refractivity contribution in [3.63, 3.8) is 0 Å². The van der Waals surface area contributed by atoms with Crippen LogP contribution in [-0.2, 0) is 6.54 Å². The van der Waals surface area contributed by atoms with Crippen LogP contribution in [0.3, 0.4) is 0 Å². The molecule has 0 radical (unpaired) electrons. The highest BCUT2D eigenvalue weighted by Crippen LogP contribution is 2.24. The summed E-state index contributed by atoms with van der Waals surface area (Å²) in [6.07, 6.45) is 3.75. The standard InChI is InChI=1S/C14H18ClNO2.ClH/c1-10-4-2-3-7-16(10)9-12-6-5-11(14(17)18)8-13(12)15;/h5-6,8,10H,2-4,7,9H2,1H3,(H,17,18);1H. The van der Waals surface area contributed by atoms with Crippen molar-refractivity contribution < 1.29 is 9.90 Å². The van der Waals surface area contributed by atoms with Crippen molar-refractivity contribution in [3.8, 4) is 0 Å². The molecule has 1 aliphatic rings. The molecular weight excluding hydrogens is 285 g/mol. The number of nitrogens with zero attached hydrogens (tertiary/aromatic N) is 1. The van der Waals surface area contributed by atoms with Crippen LogP contribution in [-0.4, -0.2) is 28.6 Å². The minimum Gasteiger partial charge on any atom is -0.478 e. The van der Waals surface area contributed by atoms with Crippen LogP contribution < -0.4 is 0 Å². The number of hydrogen-bond donors (Lipinski definition) is 1. The van der Waals surface area contributed by atoms with Crippen molar-refractivity contribution in [2.75, 3.05) is 6.54 Å². The largest absolute Gasteiger partial charge is 0.478 e. The summed E-state index contributed by atoms with van der Waals surface area (Å²) in [5.74, 6) is -0.935. The van der Waals surface area contributed by atoms with Crippen LogP contribution in [0.25, 0.3) is 0 Å². The van der Waals surface area contributed by atoms with Crippen LogP contribution in [0.15, 0.2) is 18.2 Å². The van der Waals surface area contributed by atoms with E-state index < -0.39 is 5.97 Å². The zero-order valence-electron chi connectivity index (χ0n) is 10.9. The van der Waals surface area contributed by atoms with Gasteiger partial charge >= 0.3 is 5.97 Å². The predicted molar refractivity (Wildman–Crippen MR) is 79.4 cm³/mol. The van der Waals surface area contributed by atoms with Crippen molar-refractivity contribution in [1.29, 1.82) is 0 Å². The summed E-state index contributed by atoms with van der Waals surface area (Å²) in [6.45, 7) is 4.14. The maximum Gasteiger partial charge on any atom is 0.335 e. The third kappa shape index (κ3) is 4.10. The highest BCUT2D eigenvalue weighted by atomic mass is 35.5. The van der Waals surface area contributed by atoms with Crippen molar-refractivity contribution in [2.45, 2.75) is 38.8 Å². The first-order valence-corrected chi connectivity index (χ1v) is 6.71. The number of benzene rings is 1. The van der Waals surface area contributed by atoms with Crippen LogP contribution in [0, 0.1) is 0 Å². The Hall–Kier alpha value is -0.770. The Bertz CT molecular complexity index is 451. The molecule has 1 N–H and O–H groups in total. The van der Waals surface area contributed by atoms with Crippen LogP contribution in [0.5, 0.6) is 0 Å². The lowest BCUT2D eigenvalue weighted by Crippen LogP contribution is -2.36. The van der Waals surface area contributed by atoms with Crippen LogP contribution in [0.2, 0.25) is 5.02 Å². The molecule has 1 saturated heterocycles. The second-order valence-electron chi connectivity index (χ2n) is 4.93. The van der Waals surface area contributed by atoms with Crippen molar-refractivity contribution in [1.82, 2.24) is 4.90 Å². The van der Waals surface area contributed by atoms with E-state index in [9.17, 15) is 4.79 Å². The third-order valence-corrected chi connectivity index (χ3v) is 3.97. The Morgan fingerprint density at radius 2 is 2.21 bits per heavy atom. The van der Waals surface area contributed by atoms with E-state index in [-0.39, 0.29) is 18.0 Å². The Balaban J connectivity index is 0.00000180. The lowest BCUT2D eigenvalue weighted by Gasteiger charge is -2.33. The predicted octanol–water partition coefficient (Wildman–Crippen LogP) is 3.83. The Morgan fingerprint density at radius 1 is 1.47 bits per heavy atom. The smallest absolute Gasteiger partial charge is 0.335 e. The van der Waals surface area contributed by atoms with Gasteiger partial charge in [0.2, 0.25) is 0 Å². The van der Waals surface area contributed by atoms with E-state index in [1.807, 2.05) is 6.07 Å². The topological polar surface area (TPSA) is 40.5 Å². The molecule has 2 rings (SSSR count). The van der Waals surface area contributed by atoms with Crippen molar-refractivity contribution in [3.05, 3.63) is 34.3 Å². The molecule has 1 aliphatic heterocycles. The van der Waals surface area contributed by atoms with Gasteiger partial charge in [0.1, 0.15) is 0 Å². The Morgan fingerprint density at radius 3 is 2.79 bits per heavy atom. The number of aromatic carboxylic acids is 1. The number of hydrogen-bond acceptors (Lipinski definition) is 2. The normalized spacial score (nSPS) is 19.8. The third-order valence-electron chi connectivity index (χ3n) is 3.61. The summed E-state index contributed by atoms with van der Waals surface area (Å²) >= 11 is 6.15. The Kier molecular flexibility index (Phi) is 6.11. The summed E-state index contributed by atoms with van der Waals surface area (Å²) in [5, 5.41) is 9.44. The van der Waals surface area contributed by atoms with Crippen molar-refractivity contribution in [2.24, 2.45) is 0 Å². The number of likely N-dealkylation sites (tertiary alicyclic amines) is 1. The lowest BCUT2D eigenvalue weighted by molar-refractivity contribution is 0.0697. The molecule has 1 aromatic carbocycles. The van der Waals surface area contributed by atoms with Gasteiger partial charge in [-0.25, -0.2) is 4.79 Å². The molecule has 0 aromatic heterocycles. The molecule has 0 amide bonds. The van der Waals surface area contributed by atoms with Gasteiger partial charge in [-0.05, 0) is 44.0 Å². The first kappa shape index (κ1) is 16.3. The number of halogens is 2. The average Bonchev–Trinajstić information content (AvgIpc) is 2.34. The van der Waals surface area contributed by atoms with Crippen LogP contribution in [0.4, 0.5) is 0 Å². The molecule has 0 spiro atoms. The second kappa shape index (κ2) is 7.13. The van der Waals surface area contributed by atoms with E-state index in [1.165, 1.54) is 25.3 Å². The molecule has 1 fully saturated rings. The van der Waals surface area contributed by atoms with E-state index in [0.29, 0.717) is 11.1 Å². The molecule has 0 saturated carbocycles. The Labute approximate surface area is 125 Å². The fraction of sp³-hybridized carbons (Fsp3) is 0.500. The number of carboxylic acid groups (broad SMARTS) is 1. The molecule has 1 heterocycles. The number of carbonyl (C=O) groups is 1. The molecular formula is C14H19Cl2NO2. The molecule has 1 aromatic rings. The van der Waals surface area contributed by atoms with Crippen molar-refractivity contribution >= 4 is 30.0 Å². The molecule has 1 atom stereocenters. The van der Waals surface area contributed by atoms with E-state index >= 15 is 0 Å². The van der Waals surface area contributed by atoms with E-state index in [1.54, 1.807) is 6.07 Å². The van der Waals surface area contributed by atoms with Gasteiger partial charge in [-0.15, -0.1) is 12.4 Å². The molecule has 19 heavy (non-hydrogen) atoms. The minimum atomic E-state index is -0.935. The van der Waals surface area contributed by atoms with Gasteiger partial charge in [-0.2, -0.15) is 0 Å². The van der Waals surface area contributed by atoms with Gasteiger partial charge in [0.15, 0.2) is 0 Å². The minimum absolute atomic E-state index is 0. The molecule has 106 valence electrons. The summed E-state index contributed by atoms with van der Waals surface area (Å²) in [7, 11) is 0. The van der Waals surface area contributed by atoms with Gasteiger partial charge in [0, 0.05) is 17.6 Å². The number of carboxylic acids is 1. The van der Waals surface area contributed by atoms with Crippen LogP contribution in [0.1, 0.15) is 42.1 Å². The zero-order valence-corrected chi connectivity index (χ0v) is 12.5. The maximum atomic E-state index is 10.8. The fourth-order valence-electron chi connectivity index (χ4n) is 2.42. The highest BCUT2D eigenvalue weighted by molar-refractivity contribution is 6.31. The second-order valence-corrected chi connectivity index (χ2v) is 5.33. The molecule has 5 heteroatoms. The zero-order chi connectivity index (χ0) is 13.1. The molecule has 0 aliphatic carbocycles. The first-order valence-electron chi connectivity index (χ1n) is 6.33. The van der Waals surface area contributed by atoms with Gasteiger partial charge < -0.3 is 5.11 Å². The number of rotatable bonds is 3. The van der Waals surface area contributed by atoms with Gasteiger partial charge in [-0.1, -0.05) is 24.1 Å². The maximum absolute atomic E-state index is 10.8. The first-order chi connectivity index (χ1) is 8.58. The summed E-state index contributed by atoms with van der Waals surface area (Å²) in [6, 6.07) is 5.56. The number of piperidine rings is 1. The van der Waals surface area contributed by atoms with E-state index in [2.05, 4.69) is 11.8 Å². The average molecular weight is 304 g/mol. The SMILES string of the molecule is CC1CCCCN1Cc1ccc(C(=O)O)cc1Cl.Cl. The van der Waals surface area contributed by atoms with Gasteiger partial charge in [0.25, 0.3) is 0 Å². The molecule has 3 nitrogen and oxygen atoms in total. The van der Waals surface area contributed by atoms with Gasteiger partial charge in [0.05, 0.1) is 5.56 Å². The highest BCUT2D eigenvalue weighted by Gasteiger charge is 2.19. The molecule has 1 unspecified atom stereocenters. The van der Waals surface area contributed by atoms with E-state index in [4.69, 9.17) is 16.7 Å². The van der Waals surface area contributed by atoms with E-state index in [0.717, 1.165) is 18.7 Å². The molecule has 0 bridgehead atoms. The summed E-state index contributed by atoms with van der Waals surface area (Å²) < 4.78 is 0. The summed E-state index contributed by atoms with van der Waals surface area (Å²) in [5.41, 5.74) is 1.26. The quantitative estimate of drug-likeness (QED) is 0.922.